The Morgan fingerprint density at radius 3 is 2.52 bits per heavy atom. The summed E-state index contributed by atoms with van der Waals surface area (Å²) in [5.41, 5.74) is 4.78. The Balaban J connectivity index is 2.57. The fourth-order valence-electron chi connectivity index (χ4n) is 2.24. The quantitative estimate of drug-likeness (QED) is 0.708. The molecule has 0 bridgehead atoms. The van der Waals surface area contributed by atoms with E-state index in [1.807, 2.05) is 45.9 Å². The van der Waals surface area contributed by atoms with Crippen LogP contribution in [0.4, 0.5) is 0 Å². The molecule has 1 heterocycles. The molecule has 110 valence electrons. The zero-order valence-corrected chi connectivity index (χ0v) is 13.5. The van der Waals surface area contributed by atoms with E-state index in [2.05, 4.69) is 31.7 Å². The Hall–Kier alpha value is -2.09. The first kappa shape index (κ1) is 15.3. The molecule has 0 amide bonds. The van der Waals surface area contributed by atoms with Crippen molar-refractivity contribution in [2.45, 2.75) is 40.3 Å². The summed E-state index contributed by atoms with van der Waals surface area (Å²) < 4.78 is 5.94. The van der Waals surface area contributed by atoms with E-state index in [-0.39, 0.29) is 0 Å². The summed E-state index contributed by atoms with van der Waals surface area (Å²) in [5, 5.41) is 0. The molecule has 0 saturated carbocycles. The second kappa shape index (κ2) is 5.72. The summed E-state index contributed by atoms with van der Waals surface area (Å²) in [7, 11) is 0. The average molecular weight is 281 g/mol. The number of fused-ring (bicyclic) bond motifs is 1. The van der Waals surface area contributed by atoms with Crippen LogP contribution in [0.2, 0.25) is 0 Å². The van der Waals surface area contributed by atoms with Gasteiger partial charge < -0.3 is 4.74 Å². The van der Waals surface area contributed by atoms with E-state index in [1.165, 1.54) is 0 Å². The number of hydrogen-bond donors (Lipinski definition) is 0. The molecule has 1 aliphatic heterocycles. The Labute approximate surface area is 127 Å². The van der Waals surface area contributed by atoms with Crippen LogP contribution in [0.1, 0.15) is 40.2 Å². The fraction of sp³-hybridized carbons (Fsp3) is 0.316. The van der Waals surface area contributed by atoms with Crippen LogP contribution in [0.25, 0.3) is 0 Å². The summed E-state index contributed by atoms with van der Waals surface area (Å²) in [6, 6.07) is 8.05. The Morgan fingerprint density at radius 2 is 1.90 bits per heavy atom. The van der Waals surface area contributed by atoms with Crippen LogP contribution < -0.4 is 4.74 Å². The molecule has 1 aromatic carbocycles. The van der Waals surface area contributed by atoms with Crippen LogP contribution in [-0.4, -0.2) is 11.4 Å². The van der Waals surface area contributed by atoms with Gasteiger partial charge in [-0.15, -0.1) is 0 Å². The number of para-hydroxylation sites is 1. The minimum absolute atomic E-state index is 0.553. The molecule has 0 saturated heterocycles. The first-order chi connectivity index (χ1) is 9.84. The molecule has 0 radical (unpaired) electrons. The van der Waals surface area contributed by atoms with Gasteiger partial charge in [0.1, 0.15) is 5.75 Å². The van der Waals surface area contributed by atoms with Crippen molar-refractivity contribution in [2.75, 3.05) is 0 Å². The van der Waals surface area contributed by atoms with Crippen LogP contribution in [0, 0.1) is 0 Å². The predicted octanol–water partition coefficient (Wildman–Crippen LogP) is 5.07. The topological polar surface area (TPSA) is 21.6 Å². The molecule has 1 aromatic rings. The van der Waals surface area contributed by atoms with E-state index in [9.17, 15) is 0 Å². The summed E-state index contributed by atoms with van der Waals surface area (Å²) in [4.78, 5) is 4.79. The Bertz CT molecular complexity index is 660. The van der Waals surface area contributed by atoms with Gasteiger partial charge in [0.25, 0.3) is 0 Å². The summed E-state index contributed by atoms with van der Waals surface area (Å²) in [6.45, 7) is 14.1. The maximum Gasteiger partial charge on any atom is 0.195 e. The number of ether oxygens (including phenoxy) is 1. The first-order valence-electron chi connectivity index (χ1n) is 7.23. The molecule has 2 nitrogen and oxygen atoms in total. The van der Waals surface area contributed by atoms with E-state index in [0.717, 1.165) is 33.7 Å². The molecule has 21 heavy (non-hydrogen) atoms. The van der Waals surface area contributed by atoms with Crippen molar-refractivity contribution in [1.82, 2.24) is 0 Å². The molecule has 0 unspecified atom stereocenters. The summed E-state index contributed by atoms with van der Waals surface area (Å²) in [6.07, 6.45) is 4.22. The van der Waals surface area contributed by atoms with E-state index in [4.69, 9.17) is 9.73 Å². The zero-order valence-electron chi connectivity index (χ0n) is 13.5. The molecule has 2 heteroatoms. The highest BCUT2D eigenvalue weighted by Crippen LogP contribution is 2.32. The lowest BCUT2D eigenvalue weighted by Gasteiger charge is -2.30. The van der Waals surface area contributed by atoms with E-state index < -0.39 is 5.72 Å². The Kier molecular flexibility index (Phi) is 4.17. The van der Waals surface area contributed by atoms with Gasteiger partial charge in [0, 0.05) is 5.56 Å². The highest BCUT2D eigenvalue weighted by Gasteiger charge is 2.28. The molecular weight excluding hydrogens is 258 g/mol. The maximum atomic E-state index is 5.94. The van der Waals surface area contributed by atoms with Gasteiger partial charge in [0.15, 0.2) is 5.72 Å². The lowest BCUT2D eigenvalue weighted by Crippen LogP contribution is -2.32. The van der Waals surface area contributed by atoms with Crippen molar-refractivity contribution < 1.29 is 4.74 Å². The van der Waals surface area contributed by atoms with E-state index in [0.29, 0.717) is 0 Å². The number of benzene rings is 1. The second-order valence-corrected chi connectivity index (χ2v) is 5.86. The molecule has 0 fully saturated rings. The number of nitrogens with zero attached hydrogens (tertiary/aromatic N) is 1. The van der Waals surface area contributed by atoms with Crippen LogP contribution >= 0.6 is 0 Å². The van der Waals surface area contributed by atoms with Gasteiger partial charge in [-0.05, 0) is 64.0 Å². The van der Waals surface area contributed by atoms with Crippen molar-refractivity contribution in [3.05, 3.63) is 65.3 Å². The first-order valence-corrected chi connectivity index (χ1v) is 7.23. The number of allylic oxidation sites excluding steroid dienone is 5. The van der Waals surface area contributed by atoms with Crippen LogP contribution in [0.3, 0.4) is 0 Å². The smallest absolute Gasteiger partial charge is 0.195 e. The highest BCUT2D eigenvalue weighted by atomic mass is 16.5. The highest BCUT2D eigenvalue weighted by molar-refractivity contribution is 6.16. The summed E-state index contributed by atoms with van der Waals surface area (Å²) in [5.74, 6) is 0.883. The van der Waals surface area contributed by atoms with Gasteiger partial charge in [-0.25, -0.2) is 4.99 Å². The van der Waals surface area contributed by atoms with Gasteiger partial charge in [0.2, 0.25) is 0 Å². The fourth-order valence-corrected chi connectivity index (χ4v) is 2.24. The third-order valence-electron chi connectivity index (χ3n) is 3.51. The minimum Gasteiger partial charge on any atom is -0.466 e. The Morgan fingerprint density at radius 1 is 1.24 bits per heavy atom. The van der Waals surface area contributed by atoms with Gasteiger partial charge in [0.05, 0.1) is 5.71 Å². The van der Waals surface area contributed by atoms with Crippen LogP contribution in [0.15, 0.2) is 64.7 Å². The third-order valence-corrected chi connectivity index (χ3v) is 3.51. The standard InChI is InChI=1S/C19H23NO/c1-7-15(12-14(4)13(2)3)18-16-10-8-9-11-17(16)21-19(5,6)20-18/h7-12H,2H2,1,3-6H3/b14-12-,15-7+. The van der Waals surface area contributed by atoms with Crippen molar-refractivity contribution in [3.63, 3.8) is 0 Å². The number of aliphatic imine (C=N–C) groups is 1. The van der Waals surface area contributed by atoms with Crippen LogP contribution in [-0.2, 0) is 0 Å². The lowest BCUT2D eigenvalue weighted by atomic mass is 9.96. The van der Waals surface area contributed by atoms with Crippen molar-refractivity contribution >= 4 is 5.71 Å². The number of rotatable bonds is 3. The van der Waals surface area contributed by atoms with Crippen molar-refractivity contribution in [3.8, 4) is 5.75 Å². The monoisotopic (exact) mass is 281 g/mol. The van der Waals surface area contributed by atoms with Gasteiger partial charge in [-0.3, -0.25) is 0 Å². The predicted molar refractivity (Wildman–Crippen MR) is 90.0 cm³/mol. The minimum atomic E-state index is -0.553. The van der Waals surface area contributed by atoms with Gasteiger partial charge >= 0.3 is 0 Å². The molecule has 2 rings (SSSR count). The van der Waals surface area contributed by atoms with Gasteiger partial charge in [-0.2, -0.15) is 0 Å². The molecule has 0 N–H and O–H groups in total. The SMILES string of the molecule is C=C(C)/C(C)=C\C(=C/C)C1=NC(C)(C)Oc2ccccc21. The molecule has 0 aromatic heterocycles. The van der Waals surface area contributed by atoms with Crippen LogP contribution in [0.5, 0.6) is 5.75 Å². The van der Waals surface area contributed by atoms with Gasteiger partial charge in [-0.1, -0.05) is 30.4 Å². The third kappa shape index (κ3) is 3.33. The summed E-state index contributed by atoms with van der Waals surface area (Å²) >= 11 is 0. The molecular formula is C19H23NO. The van der Waals surface area contributed by atoms with E-state index in [1.54, 1.807) is 0 Å². The molecule has 1 aliphatic rings. The molecule has 0 spiro atoms. The normalized spacial score (nSPS) is 17.7. The average Bonchev–Trinajstić information content (AvgIpc) is 2.42. The van der Waals surface area contributed by atoms with Crippen molar-refractivity contribution in [2.24, 2.45) is 4.99 Å². The number of hydrogen-bond acceptors (Lipinski definition) is 2. The maximum absolute atomic E-state index is 5.94. The van der Waals surface area contributed by atoms with Crippen molar-refractivity contribution in [1.29, 1.82) is 0 Å². The largest absolute Gasteiger partial charge is 0.466 e. The molecule has 0 aliphatic carbocycles. The molecule has 0 atom stereocenters. The lowest BCUT2D eigenvalue weighted by molar-refractivity contribution is 0.115. The van der Waals surface area contributed by atoms with E-state index >= 15 is 0 Å². The zero-order chi connectivity index (χ0) is 15.6. The second-order valence-electron chi connectivity index (χ2n) is 5.86.